The first-order valence-corrected chi connectivity index (χ1v) is 10.9. The number of Topliss-reactive ketones (excluding diaryl/α,β-unsaturated/α-hetero) is 1. The molecule has 0 atom stereocenters. The number of rotatable bonds is 4. The standard InChI is InChI=1S/C24H24N4O5/c1-13-3-4-15-18(26-27-23(15)25-13)12-20-21(29)16-5-6-19(32-2)17(22(16)33-20)11-14-7-9-28(10-8-14)24(30)31/h3-6,12,14H,7-11H2,1-2H3,(H,30,31)(H,25,26,27). The van der Waals surface area contributed by atoms with E-state index in [0.717, 1.165) is 29.5 Å². The van der Waals surface area contributed by atoms with E-state index >= 15 is 0 Å². The molecule has 2 N–H and O–H groups in total. The maximum absolute atomic E-state index is 13.1. The number of nitrogens with one attached hydrogen (secondary N) is 1. The number of methoxy groups -OCH3 is 1. The normalized spacial score (nSPS) is 17.5. The van der Waals surface area contributed by atoms with Crippen molar-refractivity contribution in [3.05, 3.63) is 52.5 Å². The van der Waals surface area contributed by atoms with Crippen molar-refractivity contribution >= 4 is 29.0 Å². The van der Waals surface area contributed by atoms with E-state index in [4.69, 9.17) is 9.47 Å². The van der Waals surface area contributed by atoms with E-state index < -0.39 is 6.09 Å². The molecule has 0 saturated carbocycles. The molecule has 9 nitrogen and oxygen atoms in total. The van der Waals surface area contributed by atoms with Gasteiger partial charge in [-0.25, -0.2) is 9.78 Å². The van der Waals surface area contributed by atoms with E-state index in [2.05, 4.69) is 15.2 Å². The van der Waals surface area contributed by atoms with Crippen LogP contribution in [-0.4, -0.2) is 57.3 Å². The Bertz CT molecular complexity index is 1290. The summed E-state index contributed by atoms with van der Waals surface area (Å²) in [4.78, 5) is 30.2. The zero-order valence-electron chi connectivity index (χ0n) is 18.4. The Hall–Kier alpha value is -3.88. The summed E-state index contributed by atoms with van der Waals surface area (Å²) >= 11 is 0. The molecule has 170 valence electrons. The fraction of sp³-hybridized carbons (Fsp3) is 0.333. The van der Waals surface area contributed by atoms with Crippen LogP contribution in [0.1, 0.15) is 40.2 Å². The number of carbonyl (C=O) groups is 2. The Morgan fingerprint density at radius 3 is 2.82 bits per heavy atom. The Morgan fingerprint density at radius 1 is 1.30 bits per heavy atom. The number of aryl methyl sites for hydroxylation is 1. The summed E-state index contributed by atoms with van der Waals surface area (Å²) in [6.07, 6.45) is 2.91. The number of hydrogen-bond acceptors (Lipinski definition) is 6. The number of benzene rings is 1. The second-order valence-corrected chi connectivity index (χ2v) is 8.44. The number of aromatic nitrogens is 3. The Balaban J connectivity index is 1.44. The number of piperidine rings is 1. The number of carbonyl (C=O) groups excluding carboxylic acids is 1. The van der Waals surface area contributed by atoms with Gasteiger partial charge in [0.25, 0.3) is 0 Å². The van der Waals surface area contributed by atoms with Gasteiger partial charge in [-0.3, -0.25) is 9.89 Å². The number of ketones is 1. The van der Waals surface area contributed by atoms with Gasteiger partial charge >= 0.3 is 6.09 Å². The van der Waals surface area contributed by atoms with Gasteiger partial charge in [-0.15, -0.1) is 0 Å². The second-order valence-electron chi connectivity index (χ2n) is 8.44. The van der Waals surface area contributed by atoms with Crippen molar-refractivity contribution in [2.75, 3.05) is 20.2 Å². The molecule has 0 unspecified atom stereocenters. The molecule has 5 rings (SSSR count). The van der Waals surface area contributed by atoms with Crippen LogP contribution in [0.3, 0.4) is 0 Å². The van der Waals surface area contributed by atoms with Crippen molar-refractivity contribution in [3.8, 4) is 11.5 Å². The lowest BCUT2D eigenvalue weighted by Crippen LogP contribution is -2.37. The number of ether oxygens (including phenoxy) is 2. The van der Waals surface area contributed by atoms with Crippen LogP contribution in [-0.2, 0) is 6.42 Å². The molecule has 2 aromatic heterocycles. The van der Waals surface area contributed by atoms with Crippen molar-refractivity contribution in [1.82, 2.24) is 20.1 Å². The van der Waals surface area contributed by atoms with Gasteiger partial charge in [0.05, 0.1) is 18.4 Å². The predicted octanol–water partition coefficient (Wildman–Crippen LogP) is 3.82. The molecule has 33 heavy (non-hydrogen) atoms. The molecule has 2 aliphatic heterocycles. The Labute approximate surface area is 190 Å². The van der Waals surface area contributed by atoms with Crippen LogP contribution in [0.5, 0.6) is 11.5 Å². The number of likely N-dealkylation sites (tertiary alicyclic amines) is 1. The zero-order valence-corrected chi connectivity index (χ0v) is 18.4. The molecule has 0 bridgehead atoms. The summed E-state index contributed by atoms with van der Waals surface area (Å²) in [5.74, 6) is 1.45. The molecule has 2 aliphatic rings. The van der Waals surface area contributed by atoms with Gasteiger partial charge in [-0.05, 0) is 56.4 Å². The predicted molar refractivity (Wildman–Crippen MR) is 121 cm³/mol. The van der Waals surface area contributed by atoms with Crippen LogP contribution in [0.4, 0.5) is 4.79 Å². The van der Waals surface area contributed by atoms with Gasteiger partial charge in [-0.1, -0.05) is 0 Å². The average Bonchev–Trinajstić information content (AvgIpc) is 3.35. The van der Waals surface area contributed by atoms with Crippen LogP contribution in [0.25, 0.3) is 17.1 Å². The number of fused-ring (bicyclic) bond motifs is 2. The number of pyridine rings is 1. The molecular formula is C24H24N4O5. The largest absolute Gasteiger partial charge is 0.496 e. The van der Waals surface area contributed by atoms with Gasteiger partial charge in [0.15, 0.2) is 11.4 Å². The molecule has 3 aromatic rings. The average molecular weight is 448 g/mol. The molecule has 1 fully saturated rings. The number of H-pyrrole nitrogens is 1. The van der Waals surface area contributed by atoms with Crippen LogP contribution in [0.15, 0.2) is 30.0 Å². The highest BCUT2D eigenvalue weighted by Crippen LogP contribution is 2.42. The van der Waals surface area contributed by atoms with Gasteiger partial charge < -0.3 is 19.5 Å². The Morgan fingerprint density at radius 2 is 2.09 bits per heavy atom. The highest BCUT2D eigenvalue weighted by Gasteiger charge is 2.33. The van der Waals surface area contributed by atoms with Crippen molar-refractivity contribution < 1.29 is 24.2 Å². The molecule has 0 aliphatic carbocycles. The van der Waals surface area contributed by atoms with Gasteiger partial charge in [0.1, 0.15) is 11.5 Å². The van der Waals surface area contributed by atoms with Crippen molar-refractivity contribution in [2.24, 2.45) is 5.92 Å². The number of carboxylic acid groups (broad SMARTS) is 1. The van der Waals surface area contributed by atoms with E-state index in [0.29, 0.717) is 47.9 Å². The van der Waals surface area contributed by atoms with Gasteiger partial charge in [0, 0.05) is 35.8 Å². The van der Waals surface area contributed by atoms with Crippen LogP contribution in [0, 0.1) is 12.8 Å². The number of nitrogens with zero attached hydrogens (tertiary/aromatic N) is 3. The fourth-order valence-corrected chi connectivity index (χ4v) is 4.55. The monoisotopic (exact) mass is 448 g/mol. The number of aromatic amines is 1. The molecule has 1 amide bonds. The summed E-state index contributed by atoms with van der Waals surface area (Å²) in [5.41, 5.74) is 3.44. The maximum Gasteiger partial charge on any atom is 0.407 e. The second kappa shape index (κ2) is 8.23. The highest BCUT2D eigenvalue weighted by atomic mass is 16.5. The SMILES string of the molecule is COc1ccc2c(c1CC1CCN(C(=O)O)CC1)OC(=Cc1n[nH]c3nc(C)ccc13)C2=O. The molecule has 4 heterocycles. The maximum atomic E-state index is 13.1. The number of amides is 1. The highest BCUT2D eigenvalue weighted by molar-refractivity contribution is 6.15. The van der Waals surface area contributed by atoms with Crippen molar-refractivity contribution in [2.45, 2.75) is 26.2 Å². The lowest BCUT2D eigenvalue weighted by Gasteiger charge is -2.30. The first-order chi connectivity index (χ1) is 15.9. The minimum absolute atomic E-state index is 0.203. The molecule has 1 aromatic carbocycles. The van der Waals surface area contributed by atoms with E-state index in [1.54, 1.807) is 25.3 Å². The lowest BCUT2D eigenvalue weighted by molar-refractivity contribution is 0.101. The smallest absolute Gasteiger partial charge is 0.407 e. The van der Waals surface area contributed by atoms with E-state index in [9.17, 15) is 14.7 Å². The molecule has 0 radical (unpaired) electrons. The summed E-state index contributed by atoms with van der Waals surface area (Å²) in [7, 11) is 1.59. The van der Waals surface area contributed by atoms with Gasteiger partial charge in [0.2, 0.25) is 5.78 Å². The quantitative estimate of drug-likeness (QED) is 0.583. The summed E-state index contributed by atoms with van der Waals surface area (Å²) in [5, 5.41) is 17.2. The van der Waals surface area contributed by atoms with E-state index in [1.807, 2.05) is 19.1 Å². The Kier molecular flexibility index (Phi) is 5.24. The van der Waals surface area contributed by atoms with E-state index in [-0.39, 0.29) is 17.5 Å². The van der Waals surface area contributed by atoms with Crippen molar-refractivity contribution in [1.29, 1.82) is 0 Å². The minimum atomic E-state index is -0.883. The fourth-order valence-electron chi connectivity index (χ4n) is 4.55. The van der Waals surface area contributed by atoms with Crippen LogP contribution in [0.2, 0.25) is 0 Å². The molecule has 9 heteroatoms. The zero-order chi connectivity index (χ0) is 23.1. The van der Waals surface area contributed by atoms with E-state index in [1.165, 1.54) is 4.90 Å². The lowest BCUT2D eigenvalue weighted by atomic mass is 9.88. The molecular weight excluding hydrogens is 424 g/mol. The third kappa shape index (κ3) is 3.79. The first kappa shape index (κ1) is 21.0. The topological polar surface area (TPSA) is 118 Å². The first-order valence-electron chi connectivity index (χ1n) is 10.9. The van der Waals surface area contributed by atoms with Gasteiger partial charge in [-0.2, -0.15) is 5.10 Å². The van der Waals surface area contributed by atoms with Crippen LogP contribution >= 0.6 is 0 Å². The summed E-state index contributed by atoms with van der Waals surface area (Å²) in [6, 6.07) is 7.32. The molecule has 0 spiro atoms. The number of allylic oxidation sites excluding steroid dienone is 1. The van der Waals surface area contributed by atoms with Crippen LogP contribution < -0.4 is 9.47 Å². The molecule has 1 saturated heterocycles. The minimum Gasteiger partial charge on any atom is -0.496 e. The number of hydrogen-bond donors (Lipinski definition) is 2. The third-order valence-corrected chi connectivity index (χ3v) is 6.36. The summed E-state index contributed by atoms with van der Waals surface area (Å²) in [6.45, 7) is 2.91. The third-order valence-electron chi connectivity index (χ3n) is 6.36. The van der Waals surface area contributed by atoms with Crippen molar-refractivity contribution in [3.63, 3.8) is 0 Å². The summed E-state index contributed by atoms with van der Waals surface area (Å²) < 4.78 is 11.7.